The van der Waals surface area contributed by atoms with Crippen LogP contribution in [0.4, 0.5) is 0 Å². The van der Waals surface area contributed by atoms with Crippen LogP contribution in [-0.2, 0) is 11.2 Å². The molecule has 2 heterocycles. The molecule has 4 nitrogen and oxygen atoms in total. The molecule has 2 aromatic rings. The summed E-state index contributed by atoms with van der Waals surface area (Å²) in [6.07, 6.45) is 2.69. The van der Waals surface area contributed by atoms with E-state index in [-0.39, 0.29) is 5.91 Å². The predicted octanol–water partition coefficient (Wildman–Crippen LogP) is 1.78. The van der Waals surface area contributed by atoms with Gasteiger partial charge in [0.1, 0.15) is 10.4 Å². The van der Waals surface area contributed by atoms with Crippen LogP contribution in [-0.4, -0.2) is 21.8 Å². The highest BCUT2D eigenvalue weighted by Gasteiger charge is 2.07. The van der Waals surface area contributed by atoms with Gasteiger partial charge in [0.05, 0.1) is 5.52 Å². The van der Waals surface area contributed by atoms with Gasteiger partial charge in [-0.2, -0.15) is 0 Å². The van der Waals surface area contributed by atoms with Gasteiger partial charge in [-0.1, -0.05) is 6.07 Å². The number of amides is 1. The zero-order chi connectivity index (χ0) is 11.5. The highest BCUT2D eigenvalue weighted by molar-refractivity contribution is 9.10. The fraction of sp³-hybridized carbons (Fsp3) is 0.273. The monoisotopic (exact) mass is 281 g/mol. The largest absolute Gasteiger partial charge is 0.356 e. The second kappa shape index (κ2) is 4.65. The lowest BCUT2D eigenvalue weighted by Gasteiger charge is -2.01. The van der Waals surface area contributed by atoms with Crippen molar-refractivity contribution in [2.45, 2.75) is 13.3 Å². The summed E-state index contributed by atoms with van der Waals surface area (Å²) >= 11 is 3.42. The maximum absolute atomic E-state index is 10.8. The van der Waals surface area contributed by atoms with Gasteiger partial charge < -0.3 is 9.72 Å². The van der Waals surface area contributed by atoms with Gasteiger partial charge in [-0.25, -0.2) is 4.98 Å². The molecule has 0 radical (unpaired) electrons. The zero-order valence-corrected chi connectivity index (χ0v) is 10.5. The number of hydrogen-bond donors (Lipinski definition) is 1. The first kappa shape index (κ1) is 11.1. The lowest BCUT2D eigenvalue weighted by Crippen LogP contribution is -2.23. The first-order chi connectivity index (χ1) is 7.68. The van der Waals surface area contributed by atoms with E-state index in [1.807, 2.05) is 28.8 Å². The minimum absolute atomic E-state index is 0.0140. The summed E-state index contributed by atoms with van der Waals surface area (Å²) < 4.78 is 2.86. The van der Waals surface area contributed by atoms with Gasteiger partial charge in [0, 0.05) is 26.1 Å². The quantitative estimate of drug-likeness (QED) is 0.932. The van der Waals surface area contributed by atoms with E-state index in [1.54, 1.807) is 0 Å². The molecule has 0 aromatic carbocycles. The Morgan fingerprint density at radius 1 is 1.56 bits per heavy atom. The summed E-state index contributed by atoms with van der Waals surface area (Å²) in [6.45, 7) is 2.12. The molecule has 0 aliphatic rings. The number of carbonyl (C=O) groups is 1. The van der Waals surface area contributed by atoms with E-state index in [0.717, 1.165) is 22.4 Å². The number of nitrogens with one attached hydrogen (secondary N) is 1. The Kier molecular flexibility index (Phi) is 3.24. The summed E-state index contributed by atoms with van der Waals surface area (Å²) in [4.78, 5) is 15.2. The Balaban J connectivity index is 2.21. The molecule has 5 heteroatoms. The third-order valence-electron chi connectivity index (χ3n) is 2.30. The van der Waals surface area contributed by atoms with Gasteiger partial charge >= 0.3 is 0 Å². The number of hydrogen-bond acceptors (Lipinski definition) is 2. The van der Waals surface area contributed by atoms with Gasteiger partial charge in [0.15, 0.2) is 0 Å². The van der Waals surface area contributed by atoms with E-state index in [9.17, 15) is 4.79 Å². The topological polar surface area (TPSA) is 46.4 Å². The van der Waals surface area contributed by atoms with Crippen molar-refractivity contribution in [1.29, 1.82) is 0 Å². The van der Waals surface area contributed by atoms with Crippen LogP contribution in [0.25, 0.3) is 5.52 Å². The van der Waals surface area contributed by atoms with Crippen molar-refractivity contribution in [2.75, 3.05) is 6.54 Å². The molecule has 16 heavy (non-hydrogen) atoms. The number of carbonyl (C=O) groups excluding carboxylic acids is 1. The van der Waals surface area contributed by atoms with Crippen molar-refractivity contribution < 1.29 is 4.79 Å². The fourth-order valence-corrected chi connectivity index (χ4v) is 2.12. The second-order valence-electron chi connectivity index (χ2n) is 3.51. The molecule has 0 spiro atoms. The number of pyridine rings is 1. The predicted molar refractivity (Wildman–Crippen MR) is 65.3 cm³/mol. The molecule has 0 bridgehead atoms. The molecule has 1 N–H and O–H groups in total. The van der Waals surface area contributed by atoms with E-state index < -0.39 is 0 Å². The molecule has 1 amide bonds. The first-order valence-corrected chi connectivity index (χ1v) is 5.83. The third-order valence-corrected chi connectivity index (χ3v) is 2.88. The summed E-state index contributed by atoms with van der Waals surface area (Å²) in [5.41, 5.74) is 1.04. The summed E-state index contributed by atoms with van der Waals surface area (Å²) in [6, 6.07) is 5.93. The molecule has 0 saturated carbocycles. The molecule has 0 atom stereocenters. The van der Waals surface area contributed by atoms with Crippen LogP contribution >= 0.6 is 15.9 Å². The van der Waals surface area contributed by atoms with Crippen LogP contribution in [0.15, 0.2) is 29.0 Å². The van der Waals surface area contributed by atoms with Gasteiger partial charge in [-0.15, -0.1) is 0 Å². The standard InChI is InChI=1S/C11H12BrN3O/c1-8(16)13-6-5-10-14-11(12)9-4-2-3-7-15(9)10/h2-4,7H,5-6H2,1H3,(H,13,16). The van der Waals surface area contributed by atoms with Crippen molar-refractivity contribution in [3.8, 4) is 0 Å². The molecule has 2 rings (SSSR count). The van der Waals surface area contributed by atoms with E-state index in [2.05, 4.69) is 26.2 Å². The lowest BCUT2D eigenvalue weighted by atomic mass is 10.4. The molecule has 0 saturated heterocycles. The van der Waals surface area contributed by atoms with E-state index in [1.165, 1.54) is 6.92 Å². The van der Waals surface area contributed by atoms with Gasteiger partial charge in [-0.3, -0.25) is 4.79 Å². The summed E-state index contributed by atoms with van der Waals surface area (Å²) in [5, 5.41) is 2.76. The van der Waals surface area contributed by atoms with Gasteiger partial charge in [0.2, 0.25) is 5.91 Å². The van der Waals surface area contributed by atoms with Crippen LogP contribution < -0.4 is 5.32 Å². The Hall–Kier alpha value is -1.36. The van der Waals surface area contributed by atoms with Crippen molar-refractivity contribution >= 4 is 27.4 Å². The van der Waals surface area contributed by atoms with Crippen LogP contribution in [0.5, 0.6) is 0 Å². The number of imidazole rings is 1. The van der Waals surface area contributed by atoms with E-state index in [4.69, 9.17) is 0 Å². The fourth-order valence-electron chi connectivity index (χ4n) is 1.59. The van der Waals surface area contributed by atoms with Crippen LogP contribution in [0.1, 0.15) is 12.7 Å². The molecule has 0 aliphatic heterocycles. The molecule has 0 unspecified atom stereocenters. The Bertz CT molecular complexity index is 521. The molecular formula is C11H12BrN3O. The van der Waals surface area contributed by atoms with Crippen LogP contribution in [0.3, 0.4) is 0 Å². The minimum atomic E-state index is -0.0140. The third kappa shape index (κ3) is 2.24. The highest BCUT2D eigenvalue weighted by atomic mass is 79.9. The molecule has 0 fully saturated rings. The number of rotatable bonds is 3. The molecule has 0 aliphatic carbocycles. The van der Waals surface area contributed by atoms with E-state index >= 15 is 0 Å². The Morgan fingerprint density at radius 2 is 2.38 bits per heavy atom. The maximum atomic E-state index is 10.8. The lowest BCUT2D eigenvalue weighted by molar-refractivity contribution is -0.118. The van der Waals surface area contributed by atoms with Crippen molar-refractivity contribution in [1.82, 2.24) is 14.7 Å². The zero-order valence-electron chi connectivity index (χ0n) is 8.90. The van der Waals surface area contributed by atoms with Crippen LogP contribution in [0, 0.1) is 0 Å². The average Bonchev–Trinajstić information content (AvgIpc) is 2.57. The van der Waals surface area contributed by atoms with Crippen molar-refractivity contribution in [2.24, 2.45) is 0 Å². The molecule has 84 valence electrons. The van der Waals surface area contributed by atoms with Gasteiger partial charge in [-0.05, 0) is 28.1 Å². The Labute approximate surface area is 102 Å². The Morgan fingerprint density at radius 3 is 3.12 bits per heavy atom. The van der Waals surface area contributed by atoms with E-state index in [0.29, 0.717) is 6.54 Å². The van der Waals surface area contributed by atoms with Gasteiger partial charge in [0.25, 0.3) is 0 Å². The van der Waals surface area contributed by atoms with Crippen molar-refractivity contribution in [3.05, 3.63) is 34.8 Å². The summed E-state index contributed by atoms with van der Waals surface area (Å²) in [5.74, 6) is 0.927. The van der Waals surface area contributed by atoms with Crippen molar-refractivity contribution in [3.63, 3.8) is 0 Å². The number of fused-ring (bicyclic) bond motifs is 1. The second-order valence-corrected chi connectivity index (χ2v) is 4.26. The normalized spacial score (nSPS) is 10.6. The maximum Gasteiger partial charge on any atom is 0.216 e. The highest BCUT2D eigenvalue weighted by Crippen LogP contribution is 2.18. The number of nitrogens with zero attached hydrogens (tertiary/aromatic N) is 2. The number of halogens is 1. The molecular weight excluding hydrogens is 270 g/mol. The van der Waals surface area contributed by atoms with Crippen LogP contribution in [0.2, 0.25) is 0 Å². The minimum Gasteiger partial charge on any atom is -0.356 e. The smallest absolute Gasteiger partial charge is 0.216 e. The number of aromatic nitrogens is 2. The SMILES string of the molecule is CC(=O)NCCc1nc(Br)c2ccccn12. The molecule has 2 aromatic heterocycles. The first-order valence-electron chi connectivity index (χ1n) is 5.04. The summed E-state index contributed by atoms with van der Waals surface area (Å²) in [7, 11) is 0. The average molecular weight is 282 g/mol.